The summed E-state index contributed by atoms with van der Waals surface area (Å²) in [6.07, 6.45) is 0.183. The third kappa shape index (κ3) is 3.65. The molecule has 4 heteroatoms. The molecule has 0 saturated carbocycles. The molecule has 0 fully saturated rings. The molecular weight excluding hydrogens is 277 g/mol. The third-order valence-electron chi connectivity index (χ3n) is 3.09. The van der Waals surface area contributed by atoms with Gasteiger partial charge in [0.05, 0.1) is 5.02 Å². The molecule has 1 unspecified atom stereocenters. The van der Waals surface area contributed by atoms with Crippen LogP contribution in [0.25, 0.3) is 0 Å². The van der Waals surface area contributed by atoms with Crippen LogP contribution >= 0.6 is 11.6 Å². The zero-order valence-electron chi connectivity index (χ0n) is 10.9. The van der Waals surface area contributed by atoms with E-state index in [4.69, 9.17) is 17.3 Å². The van der Waals surface area contributed by atoms with Gasteiger partial charge in [-0.05, 0) is 17.2 Å². The van der Waals surface area contributed by atoms with Crippen molar-refractivity contribution in [2.75, 3.05) is 0 Å². The third-order valence-corrected chi connectivity index (χ3v) is 3.39. The van der Waals surface area contributed by atoms with Gasteiger partial charge in [0.15, 0.2) is 0 Å². The van der Waals surface area contributed by atoms with Crippen LogP contribution in [0.5, 0.6) is 0 Å². The zero-order valence-corrected chi connectivity index (χ0v) is 11.6. The highest BCUT2D eigenvalue weighted by Crippen LogP contribution is 2.20. The minimum absolute atomic E-state index is 0.00687. The van der Waals surface area contributed by atoms with Crippen molar-refractivity contribution in [2.45, 2.75) is 18.9 Å². The maximum atomic E-state index is 13.7. The van der Waals surface area contributed by atoms with E-state index >= 15 is 0 Å². The molecular formula is C16H15ClFNO. The lowest BCUT2D eigenvalue weighted by atomic mass is 9.98. The quantitative estimate of drug-likeness (QED) is 0.913. The second kappa shape index (κ2) is 6.64. The van der Waals surface area contributed by atoms with Crippen LogP contribution in [0, 0.1) is 5.82 Å². The SMILES string of the molecule is NC(CC(=O)Cc1cccc(Cl)c1F)c1ccccc1. The van der Waals surface area contributed by atoms with Crippen LogP contribution in [-0.2, 0) is 11.2 Å². The Balaban J connectivity index is 2.01. The highest BCUT2D eigenvalue weighted by molar-refractivity contribution is 6.30. The van der Waals surface area contributed by atoms with Gasteiger partial charge in [0, 0.05) is 18.9 Å². The van der Waals surface area contributed by atoms with Crippen molar-refractivity contribution in [1.29, 1.82) is 0 Å². The summed E-state index contributed by atoms with van der Waals surface area (Å²) < 4.78 is 13.7. The zero-order chi connectivity index (χ0) is 14.5. The number of nitrogens with two attached hydrogens (primary N) is 1. The first-order valence-corrected chi connectivity index (χ1v) is 6.71. The minimum atomic E-state index is -0.532. The van der Waals surface area contributed by atoms with Gasteiger partial charge in [-0.3, -0.25) is 4.79 Å². The minimum Gasteiger partial charge on any atom is -0.324 e. The number of Topliss-reactive ketones (excluding diaryl/α,β-unsaturated/α-hetero) is 1. The van der Waals surface area contributed by atoms with Crippen molar-refractivity contribution >= 4 is 17.4 Å². The first-order chi connectivity index (χ1) is 9.58. The summed E-state index contributed by atoms with van der Waals surface area (Å²) in [5.41, 5.74) is 7.18. The monoisotopic (exact) mass is 291 g/mol. The fourth-order valence-corrected chi connectivity index (χ4v) is 2.23. The Kier molecular flexibility index (Phi) is 4.88. The maximum Gasteiger partial charge on any atom is 0.145 e. The number of ketones is 1. The topological polar surface area (TPSA) is 43.1 Å². The number of rotatable bonds is 5. The van der Waals surface area contributed by atoms with Crippen LogP contribution in [0.1, 0.15) is 23.6 Å². The summed E-state index contributed by atoms with van der Waals surface area (Å²) >= 11 is 5.69. The van der Waals surface area contributed by atoms with E-state index < -0.39 is 5.82 Å². The summed E-state index contributed by atoms with van der Waals surface area (Å²) in [5.74, 6) is -0.640. The van der Waals surface area contributed by atoms with E-state index in [0.29, 0.717) is 5.56 Å². The highest BCUT2D eigenvalue weighted by atomic mass is 35.5. The van der Waals surface area contributed by atoms with Crippen LogP contribution in [0.3, 0.4) is 0 Å². The van der Waals surface area contributed by atoms with E-state index in [1.54, 1.807) is 12.1 Å². The van der Waals surface area contributed by atoms with Crippen LogP contribution in [0.2, 0.25) is 5.02 Å². The molecule has 2 aromatic rings. The predicted octanol–water partition coefficient (Wildman–Crippen LogP) is 3.68. The summed E-state index contributed by atoms with van der Waals surface area (Å²) in [7, 11) is 0. The van der Waals surface area contributed by atoms with Crippen molar-refractivity contribution in [1.82, 2.24) is 0 Å². The average molecular weight is 292 g/mol. The van der Waals surface area contributed by atoms with Crippen molar-refractivity contribution in [3.63, 3.8) is 0 Å². The Hall–Kier alpha value is -1.71. The Morgan fingerprint density at radius 1 is 1.15 bits per heavy atom. The molecule has 0 aromatic heterocycles. The smallest absolute Gasteiger partial charge is 0.145 e. The largest absolute Gasteiger partial charge is 0.324 e. The Morgan fingerprint density at radius 2 is 1.85 bits per heavy atom. The molecule has 0 saturated heterocycles. The average Bonchev–Trinajstić information content (AvgIpc) is 2.45. The molecule has 2 nitrogen and oxygen atoms in total. The molecule has 0 aliphatic rings. The highest BCUT2D eigenvalue weighted by Gasteiger charge is 2.14. The number of benzene rings is 2. The molecule has 0 radical (unpaired) electrons. The van der Waals surface area contributed by atoms with Crippen LogP contribution < -0.4 is 5.73 Å². The van der Waals surface area contributed by atoms with Crippen molar-refractivity contribution in [2.24, 2.45) is 5.73 Å². The van der Waals surface area contributed by atoms with Crippen LogP contribution in [0.15, 0.2) is 48.5 Å². The molecule has 0 aliphatic heterocycles. The standard InChI is InChI=1S/C16H15ClFNO/c17-14-8-4-7-12(16(14)18)9-13(20)10-15(19)11-5-2-1-3-6-11/h1-8,15H,9-10,19H2. The molecule has 0 aliphatic carbocycles. The Labute approximate surface area is 122 Å². The lowest BCUT2D eigenvalue weighted by Crippen LogP contribution is -2.17. The fraction of sp³-hybridized carbons (Fsp3) is 0.188. The molecule has 0 heterocycles. The van der Waals surface area contributed by atoms with Gasteiger partial charge in [0.25, 0.3) is 0 Å². The van der Waals surface area contributed by atoms with Gasteiger partial charge in [-0.1, -0.05) is 54.1 Å². The van der Waals surface area contributed by atoms with E-state index in [-0.39, 0.29) is 29.7 Å². The van der Waals surface area contributed by atoms with Crippen molar-refractivity contribution < 1.29 is 9.18 Å². The van der Waals surface area contributed by atoms with Crippen LogP contribution in [-0.4, -0.2) is 5.78 Å². The van der Waals surface area contributed by atoms with E-state index in [1.807, 2.05) is 30.3 Å². The first-order valence-electron chi connectivity index (χ1n) is 6.33. The van der Waals surface area contributed by atoms with Gasteiger partial charge in [-0.25, -0.2) is 4.39 Å². The van der Waals surface area contributed by atoms with E-state index in [1.165, 1.54) is 6.07 Å². The van der Waals surface area contributed by atoms with Crippen LogP contribution in [0.4, 0.5) is 4.39 Å². The Bertz CT molecular complexity index is 601. The molecule has 1 atom stereocenters. The lowest BCUT2D eigenvalue weighted by Gasteiger charge is -2.11. The molecule has 2 aromatic carbocycles. The molecule has 20 heavy (non-hydrogen) atoms. The Morgan fingerprint density at radius 3 is 2.55 bits per heavy atom. The summed E-state index contributed by atoms with van der Waals surface area (Å²) in [5, 5.41) is 0.0302. The second-order valence-corrected chi connectivity index (χ2v) is 5.06. The van der Waals surface area contributed by atoms with E-state index in [0.717, 1.165) is 5.56 Å². The molecule has 2 rings (SSSR count). The van der Waals surface area contributed by atoms with Gasteiger partial charge in [0.1, 0.15) is 11.6 Å². The van der Waals surface area contributed by atoms with Gasteiger partial charge in [-0.2, -0.15) is 0 Å². The second-order valence-electron chi connectivity index (χ2n) is 4.65. The number of hydrogen-bond donors (Lipinski definition) is 1. The van der Waals surface area contributed by atoms with Gasteiger partial charge in [0.2, 0.25) is 0 Å². The van der Waals surface area contributed by atoms with Gasteiger partial charge < -0.3 is 5.73 Å². The normalized spacial score (nSPS) is 12.2. The predicted molar refractivity (Wildman–Crippen MR) is 78.1 cm³/mol. The summed E-state index contributed by atoms with van der Waals surface area (Å²) in [4.78, 5) is 12.0. The van der Waals surface area contributed by atoms with Gasteiger partial charge in [-0.15, -0.1) is 0 Å². The van der Waals surface area contributed by atoms with Crippen molar-refractivity contribution in [3.8, 4) is 0 Å². The number of halogens is 2. The van der Waals surface area contributed by atoms with Gasteiger partial charge >= 0.3 is 0 Å². The summed E-state index contributed by atoms with van der Waals surface area (Å²) in [6, 6.07) is 13.7. The molecule has 104 valence electrons. The molecule has 0 spiro atoms. The summed E-state index contributed by atoms with van der Waals surface area (Å²) in [6.45, 7) is 0. The maximum absolute atomic E-state index is 13.7. The number of carbonyl (C=O) groups is 1. The van der Waals surface area contributed by atoms with E-state index in [9.17, 15) is 9.18 Å². The van der Waals surface area contributed by atoms with E-state index in [2.05, 4.69) is 0 Å². The number of hydrogen-bond acceptors (Lipinski definition) is 2. The lowest BCUT2D eigenvalue weighted by molar-refractivity contribution is -0.118. The molecule has 0 amide bonds. The number of carbonyl (C=O) groups excluding carboxylic acids is 1. The van der Waals surface area contributed by atoms with Crippen molar-refractivity contribution in [3.05, 3.63) is 70.5 Å². The first kappa shape index (κ1) is 14.7. The molecule has 0 bridgehead atoms. The molecule has 2 N–H and O–H groups in total. The fourth-order valence-electron chi connectivity index (χ4n) is 2.03.